The van der Waals surface area contributed by atoms with Gasteiger partial charge in [0.1, 0.15) is 4.87 Å². The lowest BCUT2D eigenvalue weighted by Gasteiger charge is -2.89. The molecule has 4 aliphatic rings. The molecule has 0 aromatic rings. The molecule has 4 rings (SSSR count). The third-order valence-corrected chi connectivity index (χ3v) is 6.62. The normalized spacial score (nSPS) is 67.6. The van der Waals surface area contributed by atoms with Crippen LogP contribution in [0, 0.1) is 43.9 Å². The molecule has 7 heteroatoms. The van der Waals surface area contributed by atoms with E-state index >= 15 is 0 Å². The highest BCUT2D eigenvalue weighted by molar-refractivity contribution is 6.27. The van der Waals surface area contributed by atoms with Gasteiger partial charge >= 0.3 is 0 Å². The highest BCUT2D eigenvalue weighted by atomic mass is 35.5. The van der Waals surface area contributed by atoms with Crippen LogP contribution >= 0.6 is 11.6 Å². The summed E-state index contributed by atoms with van der Waals surface area (Å²) in [5.41, 5.74) is -2.01. The van der Waals surface area contributed by atoms with Gasteiger partial charge in [0.05, 0.1) is 11.8 Å². The van der Waals surface area contributed by atoms with Crippen molar-refractivity contribution in [1.29, 1.82) is 0 Å². The molecule has 4 fully saturated rings. The summed E-state index contributed by atoms with van der Waals surface area (Å²) in [6.45, 7) is 1.60. The second-order valence-corrected chi connectivity index (χ2v) is 6.44. The van der Waals surface area contributed by atoms with Crippen molar-refractivity contribution < 1.29 is 9.85 Å². The van der Waals surface area contributed by atoms with Gasteiger partial charge < -0.3 is 0 Å². The first-order valence-electron chi connectivity index (χ1n) is 5.32. The van der Waals surface area contributed by atoms with Crippen molar-refractivity contribution in [2.24, 2.45) is 23.7 Å². The Labute approximate surface area is 95.2 Å². The van der Waals surface area contributed by atoms with Crippen LogP contribution in [0.4, 0.5) is 0 Å². The zero-order valence-corrected chi connectivity index (χ0v) is 9.18. The molecule has 16 heavy (non-hydrogen) atoms. The van der Waals surface area contributed by atoms with E-state index in [0.29, 0.717) is 6.42 Å². The van der Waals surface area contributed by atoms with Gasteiger partial charge in [0.25, 0.3) is 0 Å². The highest BCUT2D eigenvalue weighted by Gasteiger charge is 3.10. The van der Waals surface area contributed by atoms with Crippen molar-refractivity contribution in [2.75, 3.05) is 0 Å². The number of halogens is 1. The quantitative estimate of drug-likeness (QED) is 0.411. The van der Waals surface area contributed by atoms with Gasteiger partial charge in [0.15, 0.2) is 0 Å². The lowest BCUT2D eigenvalue weighted by Crippen LogP contribution is -3.07. The van der Waals surface area contributed by atoms with Crippen LogP contribution in [-0.2, 0) is 0 Å². The van der Waals surface area contributed by atoms with E-state index in [1.165, 1.54) is 0 Å². The molecular formula is C9H9ClN2O4. The monoisotopic (exact) mass is 244 g/mol. The number of hydrogen-bond acceptors (Lipinski definition) is 4. The van der Waals surface area contributed by atoms with E-state index < -0.39 is 16.0 Å². The Hall–Kier alpha value is -0.910. The summed E-state index contributed by atoms with van der Waals surface area (Å²) in [7, 11) is 0. The van der Waals surface area contributed by atoms with E-state index in [1.54, 1.807) is 6.92 Å². The van der Waals surface area contributed by atoms with Crippen LogP contribution in [0.25, 0.3) is 0 Å². The minimum absolute atomic E-state index is 0.112. The van der Waals surface area contributed by atoms with Crippen molar-refractivity contribution in [3.05, 3.63) is 20.2 Å². The average Bonchev–Trinajstić information content (AvgIpc) is 2.14. The molecular weight excluding hydrogens is 236 g/mol. The van der Waals surface area contributed by atoms with Crippen molar-refractivity contribution in [2.45, 2.75) is 29.3 Å². The second kappa shape index (κ2) is 1.85. The molecule has 0 aliphatic heterocycles. The average molecular weight is 245 g/mol. The summed E-state index contributed by atoms with van der Waals surface area (Å²) in [6, 6.07) is 0. The van der Waals surface area contributed by atoms with Gasteiger partial charge in [-0.3, -0.25) is 20.2 Å². The minimum atomic E-state index is -1.01. The van der Waals surface area contributed by atoms with Crippen LogP contribution in [0.3, 0.4) is 0 Å². The molecule has 0 spiro atoms. The Morgan fingerprint density at radius 3 is 2.25 bits per heavy atom. The number of fused-ring (bicyclic) bond motifs is 2. The van der Waals surface area contributed by atoms with Gasteiger partial charge in [-0.2, -0.15) is 0 Å². The van der Waals surface area contributed by atoms with Gasteiger partial charge in [-0.05, 0) is 6.42 Å². The molecule has 7 atom stereocenters. The van der Waals surface area contributed by atoms with Crippen LogP contribution in [0.15, 0.2) is 0 Å². The zero-order valence-electron chi connectivity index (χ0n) is 8.42. The first-order chi connectivity index (χ1) is 7.34. The summed E-state index contributed by atoms with van der Waals surface area (Å²) in [4.78, 5) is 20.7. The van der Waals surface area contributed by atoms with Crippen LogP contribution in [0.2, 0.25) is 0 Å². The first kappa shape index (κ1) is 9.15. The van der Waals surface area contributed by atoms with E-state index in [2.05, 4.69) is 0 Å². The number of nitrogens with zero attached hydrogens (tertiary/aromatic N) is 2. The standard InChI is InChI=1S/C9H9ClN2O4/c1-7(11(13)14)4-3-2-8(10)6(7)5(4)9(3,8)12(15)16/h3-6H,2H2,1H3. The molecule has 6 nitrogen and oxygen atoms in total. The predicted octanol–water partition coefficient (Wildman–Crippen LogP) is 0.924. The number of alkyl halides is 1. The SMILES string of the molecule is CC1([N+](=O)[O-])C2C3CC4(Cl)C1C2C34[N+](=O)[O-]. The fourth-order valence-corrected chi connectivity index (χ4v) is 6.36. The third-order valence-electron chi connectivity index (χ3n) is 5.93. The van der Waals surface area contributed by atoms with Crippen LogP contribution in [-0.4, -0.2) is 25.8 Å². The predicted molar refractivity (Wildman–Crippen MR) is 52.3 cm³/mol. The first-order valence-corrected chi connectivity index (χ1v) is 5.70. The van der Waals surface area contributed by atoms with Gasteiger partial charge in [-0.1, -0.05) is 0 Å². The topological polar surface area (TPSA) is 86.3 Å². The van der Waals surface area contributed by atoms with Gasteiger partial charge in [0.2, 0.25) is 11.1 Å². The van der Waals surface area contributed by atoms with E-state index in [1.807, 2.05) is 0 Å². The summed E-state index contributed by atoms with van der Waals surface area (Å²) >= 11 is 6.29. The molecule has 0 saturated heterocycles. The molecule has 7 unspecified atom stereocenters. The van der Waals surface area contributed by atoms with E-state index in [-0.39, 0.29) is 33.5 Å². The third kappa shape index (κ3) is 0.425. The summed E-state index contributed by atoms with van der Waals surface area (Å²) in [5.74, 6) is -0.699. The molecule has 0 N–H and O–H groups in total. The lowest BCUT2D eigenvalue weighted by molar-refractivity contribution is -0.766. The molecule has 86 valence electrons. The molecule has 0 aromatic carbocycles. The maximum Gasteiger partial charge on any atom is 0.248 e. The fraction of sp³-hybridized carbons (Fsp3) is 1.00. The largest absolute Gasteiger partial charge is 0.264 e. The van der Waals surface area contributed by atoms with Gasteiger partial charge in [0, 0.05) is 28.6 Å². The van der Waals surface area contributed by atoms with Crippen LogP contribution < -0.4 is 0 Å². The molecule has 4 saturated carbocycles. The number of hydrogen-bond donors (Lipinski definition) is 0. The van der Waals surface area contributed by atoms with E-state index in [9.17, 15) is 20.2 Å². The molecule has 0 amide bonds. The Balaban J connectivity index is 1.83. The van der Waals surface area contributed by atoms with Gasteiger partial charge in [-0.25, -0.2) is 0 Å². The fourth-order valence-electron chi connectivity index (χ4n) is 5.50. The molecule has 0 radical (unpaired) electrons. The summed E-state index contributed by atoms with van der Waals surface area (Å²) in [5, 5.41) is 22.2. The Bertz CT molecular complexity index is 476. The molecule has 0 bridgehead atoms. The van der Waals surface area contributed by atoms with E-state index in [0.717, 1.165) is 0 Å². The molecule has 0 aromatic heterocycles. The van der Waals surface area contributed by atoms with Crippen molar-refractivity contribution in [3.63, 3.8) is 0 Å². The molecule has 0 heterocycles. The Morgan fingerprint density at radius 1 is 1.25 bits per heavy atom. The van der Waals surface area contributed by atoms with E-state index in [4.69, 9.17) is 11.6 Å². The maximum atomic E-state index is 11.1. The Kier molecular flexibility index (Phi) is 1.06. The smallest absolute Gasteiger partial charge is 0.248 e. The Morgan fingerprint density at radius 2 is 1.88 bits per heavy atom. The summed E-state index contributed by atoms with van der Waals surface area (Å²) < 4.78 is 0. The lowest BCUT2D eigenvalue weighted by atomic mass is 9.11. The van der Waals surface area contributed by atoms with Crippen molar-refractivity contribution >= 4 is 11.6 Å². The van der Waals surface area contributed by atoms with Crippen molar-refractivity contribution in [1.82, 2.24) is 0 Å². The number of rotatable bonds is 2. The van der Waals surface area contributed by atoms with Gasteiger partial charge in [-0.15, -0.1) is 11.6 Å². The molecule has 4 aliphatic carbocycles. The minimum Gasteiger partial charge on any atom is -0.264 e. The van der Waals surface area contributed by atoms with Crippen LogP contribution in [0.1, 0.15) is 13.3 Å². The number of nitro groups is 2. The van der Waals surface area contributed by atoms with Crippen molar-refractivity contribution in [3.8, 4) is 0 Å². The van der Waals surface area contributed by atoms with Crippen LogP contribution in [0.5, 0.6) is 0 Å². The maximum absolute atomic E-state index is 11.1. The summed E-state index contributed by atoms with van der Waals surface area (Å²) in [6.07, 6.45) is 0.588. The highest BCUT2D eigenvalue weighted by Crippen LogP contribution is 2.93. The zero-order chi connectivity index (χ0) is 11.7. The second-order valence-electron chi connectivity index (χ2n) is 5.77.